The maximum absolute atomic E-state index is 10.7. The molecule has 1 atom stereocenters. The Morgan fingerprint density at radius 1 is 1.41 bits per heavy atom. The van der Waals surface area contributed by atoms with Crippen LogP contribution in [0.2, 0.25) is 0 Å². The van der Waals surface area contributed by atoms with Gasteiger partial charge in [-0.3, -0.25) is 0 Å². The molecule has 0 fully saturated rings. The number of para-hydroxylation sites is 1. The Bertz CT molecular complexity index is 378. The van der Waals surface area contributed by atoms with Gasteiger partial charge < -0.3 is 15.2 Å². The predicted molar refractivity (Wildman–Crippen MR) is 68.2 cm³/mol. The van der Waals surface area contributed by atoms with Gasteiger partial charge in [0, 0.05) is 18.5 Å². The molecule has 0 spiro atoms. The van der Waals surface area contributed by atoms with Gasteiger partial charge in [-0.2, -0.15) is 0 Å². The van der Waals surface area contributed by atoms with Crippen molar-refractivity contribution in [2.75, 3.05) is 19.7 Å². The second-order valence-electron chi connectivity index (χ2n) is 5.15. The normalized spacial score (nSPS) is 23.3. The van der Waals surface area contributed by atoms with Gasteiger partial charge >= 0.3 is 0 Å². The molecule has 0 saturated heterocycles. The molecule has 0 aromatic heterocycles. The van der Waals surface area contributed by atoms with E-state index in [1.54, 1.807) is 0 Å². The molecule has 1 aliphatic rings. The van der Waals surface area contributed by atoms with E-state index in [1.165, 1.54) is 0 Å². The molecule has 1 unspecified atom stereocenters. The largest absolute Gasteiger partial charge is 0.493 e. The molecule has 1 heterocycles. The molecule has 3 heteroatoms. The van der Waals surface area contributed by atoms with Crippen molar-refractivity contribution in [3.8, 4) is 5.75 Å². The van der Waals surface area contributed by atoms with E-state index in [4.69, 9.17) is 4.74 Å². The maximum atomic E-state index is 10.7. The summed E-state index contributed by atoms with van der Waals surface area (Å²) in [5.41, 5.74) is 0.117. The standard InChI is InChI=1S/C14H21NO2/c1-11(2)9-15-10-14(16)7-8-17-13-6-4-3-5-12(13)14/h3-6,11,15-16H,7-10H2,1-2H3. The van der Waals surface area contributed by atoms with Crippen molar-refractivity contribution >= 4 is 0 Å². The van der Waals surface area contributed by atoms with Crippen molar-refractivity contribution < 1.29 is 9.84 Å². The van der Waals surface area contributed by atoms with Gasteiger partial charge in [-0.15, -0.1) is 0 Å². The van der Waals surface area contributed by atoms with Crippen LogP contribution in [0.5, 0.6) is 5.75 Å². The van der Waals surface area contributed by atoms with Gasteiger partial charge in [0.05, 0.1) is 6.61 Å². The maximum Gasteiger partial charge on any atom is 0.125 e. The zero-order chi connectivity index (χ0) is 12.3. The van der Waals surface area contributed by atoms with Crippen LogP contribution in [0.15, 0.2) is 24.3 Å². The number of benzene rings is 1. The fourth-order valence-corrected chi connectivity index (χ4v) is 2.19. The van der Waals surface area contributed by atoms with Crippen LogP contribution in [0.4, 0.5) is 0 Å². The monoisotopic (exact) mass is 235 g/mol. The van der Waals surface area contributed by atoms with Crippen molar-refractivity contribution in [3.63, 3.8) is 0 Å². The third-order valence-corrected chi connectivity index (χ3v) is 3.13. The molecule has 1 aromatic rings. The molecule has 1 aliphatic heterocycles. The fourth-order valence-electron chi connectivity index (χ4n) is 2.19. The van der Waals surface area contributed by atoms with E-state index in [2.05, 4.69) is 19.2 Å². The Balaban J connectivity index is 2.10. The lowest BCUT2D eigenvalue weighted by atomic mass is 9.88. The smallest absolute Gasteiger partial charge is 0.125 e. The van der Waals surface area contributed by atoms with Crippen LogP contribution in [0.25, 0.3) is 0 Å². The molecular weight excluding hydrogens is 214 g/mol. The third-order valence-electron chi connectivity index (χ3n) is 3.13. The number of hydrogen-bond donors (Lipinski definition) is 2. The summed E-state index contributed by atoms with van der Waals surface area (Å²) < 4.78 is 5.56. The first-order chi connectivity index (χ1) is 8.12. The predicted octanol–water partition coefficient (Wildman–Crippen LogP) is 1.90. The Kier molecular flexibility index (Phi) is 3.69. The van der Waals surface area contributed by atoms with Gasteiger partial charge in [0.2, 0.25) is 0 Å². The molecule has 17 heavy (non-hydrogen) atoms. The topological polar surface area (TPSA) is 41.5 Å². The quantitative estimate of drug-likeness (QED) is 0.837. The van der Waals surface area contributed by atoms with Crippen molar-refractivity contribution in [3.05, 3.63) is 29.8 Å². The molecule has 0 radical (unpaired) electrons. The highest BCUT2D eigenvalue weighted by Crippen LogP contribution is 2.36. The second-order valence-corrected chi connectivity index (χ2v) is 5.15. The van der Waals surface area contributed by atoms with E-state index < -0.39 is 5.60 Å². The Labute approximate surface area is 103 Å². The van der Waals surface area contributed by atoms with Crippen LogP contribution in [0.3, 0.4) is 0 Å². The minimum Gasteiger partial charge on any atom is -0.493 e. The van der Waals surface area contributed by atoms with E-state index in [0.29, 0.717) is 25.5 Å². The van der Waals surface area contributed by atoms with Crippen LogP contribution in [0.1, 0.15) is 25.8 Å². The first-order valence-electron chi connectivity index (χ1n) is 6.27. The summed E-state index contributed by atoms with van der Waals surface area (Å²) in [7, 11) is 0. The summed E-state index contributed by atoms with van der Waals surface area (Å²) in [6, 6.07) is 7.75. The minimum atomic E-state index is -0.788. The third kappa shape index (κ3) is 2.79. The molecule has 2 rings (SSSR count). The minimum absolute atomic E-state index is 0.580. The first-order valence-corrected chi connectivity index (χ1v) is 6.27. The summed E-state index contributed by atoms with van der Waals surface area (Å²) in [5.74, 6) is 1.40. The van der Waals surface area contributed by atoms with E-state index in [9.17, 15) is 5.11 Å². The van der Waals surface area contributed by atoms with Gasteiger partial charge in [-0.1, -0.05) is 32.0 Å². The van der Waals surface area contributed by atoms with Gasteiger partial charge in [-0.05, 0) is 18.5 Å². The molecule has 0 saturated carbocycles. The molecule has 3 nitrogen and oxygen atoms in total. The highest BCUT2D eigenvalue weighted by molar-refractivity contribution is 5.39. The van der Waals surface area contributed by atoms with Crippen LogP contribution >= 0.6 is 0 Å². The number of hydrogen-bond acceptors (Lipinski definition) is 3. The summed E-state index contributed by atoms with van der Waals surface area (Å²) in [6.45, 7) is 6.41. The van der Waals surface area contributed by atoms with Crippen LogP contribution in [0, 0.1) is 5.92 Å². The molecule has 94 valence electrons. The number of fused-ring (bicyclic) bond motifs is 1. The zero-order valence-electron chi connectivity index (χ0n) is 10.6. The van der Waals surface area contributed by atoms with E-state index in [-0.39, 0.29) is 0 Å². The first kappa shape index (κ1) is 12.4. The van der Waals surface area contributed by atoms with E-state index in [1.807, 2.05) is 24.3 Å². The van der Waals surface area contributed by atoms with Crippen molar-refractivity contribution in [2.24, 2.45) is 5.92 Å². The Morgan fingerprint density at radius 3 is 2.94 bits per heavy atom. The summed E-state index contributed by atoms with van der Waals surface area (Å²) in [5, 5.41) is 14.0. The Morgan fingerprint density at radius 2 is 2.18 bits per heavy atom. The number of rotatable bonds is 4. The van der Waals surface area contributed by atoms with Crippen molar-refractivity contribution in [1.82, 2.24) is 5.32 Å². The summed E-state index contributed by atoms with van der Waals surface area (Å²) >= 11 is 0. The van der Waals surface area contributed by atoms with Crippen molar-refractivity contribution in [2.45, 2.75) is 25.9 Å². The van der Waals surface area contributed by atoms with Crippen LogP contribution < -0.4 is 10.1 Å². The van der Waals surface area contributed by atoms with Gasteiger partial charge in [-0.25, -0.2) is 0 Å². The molecule has 1 aromatic carbocycles. The van der Waals surface area contributed by atoms with Gasteiger partial charge in [0.1, 0.15) is 11.4 Å². The average molecular weight is 235 g/mol. The summed E-state index contributed by atoms with van der Waals surface area (Å²) in [6.07, 6.45) is 0.648. The average Bonchev–Trinajstić information content (AvgIpc) is 2.29. The number of aliphatic hydroxyl groups is 1. The summed E-state index contributed by atoms with van der Waals surface area (Å²) in [4.78, 5) is 0. The SMILES string of the molecule is CC(C)CNCC1(O)CCOc2ccccc21. The molecule has 2 N–H and O–H groups in total. The number of ether oxygens (including phenoxy) is 1. The van der Waals surface area contributed by atoms with E-state index in [0.717, 1.165) is 17.9 Å². The Hall–Kier alpha value is -1.06. The lowest BCUT2D eigenvalue weighted by molar-refractivity contribution is -0.00245. The second kappa shape index (κ2) is 5.07. The highest BCUT2D eigenvalue weighted by Gasteiger charge is 2.34. The van der Waals surface area contributed by atoms with Gasteiger partial charge in [0.25, 0.3) is 0 Å². The molecule has 0 bridgehead atoms. The lowest BCUT2D eigenvalue weighted by Crippen LogP contribution is -2.42. The highest BCUT2D eigenvalue weighted by atomic mass is 16.5. The fraction of sp³-hybridized carbons (Fsp3) is 0.571. The van der Waals surface area contributed by atoms with Crippen LogP contribution in [-0.4, -0.2) is 24.8 Å². The number of nitrogens with one attached hydrogen (secondary N) is 1. The molecule has 0 amide bonds. The zero-order valence-corrected chi connectivity index (χ0v) is 10.6. The molecule has 0 aliphatic carbocycles. The van der Waals surface area contributed by atoms with Gasteiger partial charge in [0.15, 0.2) is 0 Å². The van der Waals surface area contributed by atoms with E-state index >= 15 is 0 Å². The lowest BCUT2D eigenvalue weighted by Gasteiger charge is -2.34. The molecular formula is C14H21NO2. The van der Waals surface area contributed by atoms with Crippen LogP contribution in [-0.2, 0) is 5.60 Å². The van der Waals surface area contributed by atoms with Crippen molar-refractivity contribution in [1.29, 1.82) is 0 Å².